The van der Waals surface area contributed by atoms with Crippen LogP contribution in [0, 0.1) is 0 Å². The van der Waals surface area contributed by atoms with Crippen LogP contribution in [0.2, 0.25) is 0 Å². The lowest BCUT2D eigenvalue weighted by atomic mass is 10.2. The predicted octanol–water partition coefficient (Wildman–Crippen LogP) is 4.28. The summed E-state index contributed by atoms with van der Waals surface area (Å²) >= 11 is 0. The van der Waals surface area contributed by atoms with Gasteiger partial charge in [-0.25, -0.2) is 0 Å². The van der Waals surface area contributed by atoms with Gasteiger partial charge in [0, 0.05) is 23.3 Å². The van der Waals surface area contributed by atoms with Crippen LogP contribution in [0.4, 0.5) is 30.2 Å². The third-order valence-electron chi connectivity index (χ3n) is 3.47. The summed E-state index contributed by atoms with van der Waals surface area (Å²) in [6.45, 7) is -0.305. The van der Waals surface area contributed by atoms with Crippen LogP contribution < -0.4 is 10.6 Å². The second-order valence-electron chi connectivity index (χ2n) is 5.51. The molecule has 0 bridgehead atoms. The molecule has 3 rings (SSSR count). The zero-order valence-electron chi connectivity index (χ0n) is 13.5. The Labute approximate surface area is 147 Å². The monoisotopic (exact) mass is 360 g/mol. The lowest BCUT2D eigenvalue weighted by molar-refractivity contribution is -0.141. The van der Waals surface area contributed by atoms with E-state index in [4.69, 9.17) is 0 Å². The molecule has 2 aromatic carbocycles. The zero-order chi connectivity index (χ0) is 18.6. The minimum absolute atomic E-state index is 0.305. The second-order valence-corrected chi connectivity index (χ2v) is 5.51. The number of benzene rings is 2. The lowest BCUT2D eigenvalue weighted by Gasteiger charge is -2.09. The van der Waals surface area contributed by atoms with E-state index in [-0.39, 0.29) is 6.54 Å². The molecule has 0 radical (unpaired) electrons. The van der Waals surface area contributed by atoms with Gasteiger partial charge < -0.3 is 10.6 Å². The van der Waals surface area contributed by atoms with E-state index in [2.05, 4.69) is 15.7 Å². The van der Waals surface area contributed by atoms with Gasteiger partial charge in [0.15, 0.2) is 5.69 Å². The molecule has 1 aromatic heterocycles. The molecule has 0 saturated heterocycles. The predicted molar refractivity (Wildman–Crippen MR) is 92.0 cm³/mol. The summed E-state index contributed by atoms with van der Waals surface area (Å²) < 4.78 is 38.4. The summed E-state index contributed by atoms with van der Waals surface area (Å²) in [5, 5.41) is 9.17. The third-order valence-corrected chi connectivity index (χ3v) is 3.47. The molecule has 0 aliphatic rings. The molecule has 134 valence electrons. The molecule has 1 heterocycles. The van der Waals surface area contributed by atoms with Gasteiger partial charge in [-0.15, -0.1) is 0 Å². The Morgan fingerprint density at radius 1 is 0.923 bits per heavy atom. The fourth-order valence-electron chi connectivity index (χ4n) is 2.27. The molecule has 0 aliphatic heterocycles. The number of halogens is 3. The summed E-state index contributed by atoms with van der Waals surface area (Å²) in [4.78, 5) is 11.9. The van der Waals surface area contributed by atoms with Crippen LogP contribution in [-0.4, -0.2) is 15.7 Å². The van der Waals surface area contributed by atoms with Gasteiger partial charge in [-0.05, 0) is 42.5 Å². The number of hydrogen-bond acceptors (Lipinski definition) is 3. The molecule has 0 spiro atoms. The van der Waals surface area contributed by atoms with Crippen molar-refractivity contribution in [1.29, 1.82) is 0 Å². The van der Waals surface area contributed by atoms with Crippen LogP contribution in [-0.2, 0) is 17.5 Å². The van der Waals surface area contributed by atoms with Gasteiger partial charge in [0.2, 0.25) is 5.91 Å². The molecular weight excluding hydrogens is 345 g/mol. The number of para-hydroxylation sites is 1. The fourth-order valence-corrected chi connectivity index (χ4v) is 2.27. The smallest absolute Gasteiger partial charge is 0.356 e. The van der Waals surface area contributed by atoms with Crippen molar-refractivity contribution >= 4 is 23.0 Å². The quantitative estimate of drug-likeness (QED) is 0.714. The zero-order valence-corrected chi connectivity index (χ0v) is 13.5. The molecule has 5 nitrogen and oxygen atoms in total. The van der Waals surface area contributed by atoms with E-state index in [0.717, 1.165) is 28.3 Å². The second kappa shape index (κ2) is 7.30. The molecule has 8 heteroatoms. The summed E-state index contributed by atoms with van der Waals surface area (Å²) in [7, 11) is 0. The summed E-state index contributed by atoms with van der Waals surface area (Å²) in [5.41, 5.74) is 1.29. The number of carbonyl (C=O) groups excluding carboxylic acids is 1. The molecule has 3 aromatic rings. The van der Waals surface area contributed by atoms with E-state index in [1.807, 2.05) is 30.3 Å². The first-order valence-electron chi connectivity index (χ1n) is 7.73. The number of anilines is 3. The maximum Gasteiger partial charge on any atom is 0.435 e. The van der Waals surface area contributed by atoms with Gasteiger partial charge in [-0.2, -0.15) is 18.3 Å². The highest BCUT2D eigenvalue weighted by Crippen LogP contribution is 2.27. The van der Waals surface area contributed by atoms with Crippen molar-refractivity contribution < 1.29 is 18.0 Å². The first-order valence-corrected chi connectivity index (χ1v) is 7.73. The maximum atomic E-state index is 12.5. The van der Waals surface area contributed by atoms with Crippen LogP contribution in [0.25, 0.3) is 0 Å². The molecular formula is C18H15F3N4O. The van der Waals surface area contributed by atoms with Gasteiger partial charge in [0.1, 0.15) is 6.54 Å². The standard InChI is InChI=1S/C18H15F3N4O/c19-18(20,21)16-10-11-25(24-16)12-17(26)23-15-8-6-14(7-9-15)22-13-4-2-1-3-5-13/h1-11,22H,12H2,(H,23,26). The molecule has 26 heavy (non-hydrogen) atoms. The number of rotatable bonds is 5. The largest absolute Gasteiger partial charge is 0.435 e. The van der Waals surface area contributed by atoms with Gasteiger partial charge in [-0.1, -0.05) is 18.2 Å². The average Bonchev–Trinajstić information content (AvgIpc) is 3.06. The Balaban J connectivity index is 1.57. The van der Waals surface area contributed by atoms with Crippen molar-refractivity contribution in [3.8, 4) is 0 Å². The Morgan fingerprint density at radius 2 is 1.54 bits per heavy atom. The molecule has 0 fully saturated rings. The van der Waals surface area contributed by atoms with Crippen LogP contribution in [0.15, 0.2) is 66.9 Å². The van der Waals surface area contributed by atoms with Gasteiger partial charge in [-0.3, -0.25) is 9.48 Å². The lowest BCUT2D eigenvalue weighted by Crippen LogP contribution is -2.19. The highest BCUT2D eigenvalue weighted by molar-refractivity contribution is 5.90. The first kappa shape index (κ1) is 17.5. The number of nitrogens with zero attached hydrogens (tertiary/aromatic N) is 2. The number of nitrogens with one attached hydrogen (secondary N) is 2. The molecule has 0 atom stereocenters. The minimum Gasteiger partial charge on any atom is -0.356 e. The molecule has 1 amide bonds. The number of aromatic nitrogens is 2. The van der Waals surface area contributed by atoms with Gasteiger partial charge in [0.05, 0.1) is 0 Å². The number of alkyl halides is 3. The summed E-state index contributed by atoms with van der Waals surface area (Å²) in [5.74, 6) is -0.467. The van der Waals surface area contributed by atoms with E-state index in [0.29, 0.717) is 5.69 Å². The van der Waals surface area contributed by atoms with Crippen molar-refractivity contribution in [2.75, 3.05) is 10.6 Å². The number of amides is 1. The van der Waals surface area contributed by atoms with Crippen LogP contribution in [0.1, 0.15) is 5.69 Å². The van der Waals surface area contributed by atoms with Crippen LogP contribution >= 0.6 is 0 Å². The molecule has 0 saturated carbocycles. The van der Waals surface area contributed by atoms with Gasteiger partial charge >= 0.3 is 6.18 Å². The molecule has 0 unspecified atom stereocenters. The van der Waals surface area contributed by atoms with Crippen molar-refractivity contribution in [2.45, 2.75) is 12.7 Å². The SMILES string of the molecule is O=C(Cn1ccc(C(F)(F)F)n1)Nc1ccc(Nc2ccccc2)cc1. The minimum atomic E-state index is -4.52. The first-order chi connectivity index (χ1) is 12.4. The average molecular weight is 360 g/mol. The fraction of sp³-hybridized carbons (Fsp3) is 0.111. The molecule has 0 aliphatic carbocycles. The highest BCUT2D eigenvalue weighted by Gasteiger charge is 2.33. The van der Waals surface area contributed by atoms with E-state index >= 15 is 0 Å². The van der Waals surface area contributed by atoms with E-state index in [1.165, 1.54) is 0 Å². The van der Waals surface area contributed by atoms with Crippen molar-refractivity contribution in [2.24, 2.45) is 0 Å². The van der Waals surface area contributed by atoms with Crippen molar-refractivity contribution in [3.63, 3.8) is 0 Å². The highest BCUT2D eigenvalue weighted by atomic mass is 19.4. The van der Waals surface area contributed by atoms with Crippen molar-refractivity contribution in [3.05, 3.63) is 72.6 Å². The van der Waals surface area contributed by atoms with E-state index < -0.39 is 17.8 Å². The molecule has 2 N–H and O–H groups in total. The topological polar surface area (TPSA) is 59.0 Å². The Hall–Kier alpha value is -3.29. The van der Waals surface area contributed by atoms with E-state index in [1.54, 1.807) is 24.3 Å². The Kier molecular flexibility index (Phi) is 4.92. The normalized spacial score (nSPS) is 11.2. The van der Waals surface area contributed by atoms with Crippen LogP contribution in [0.5, 0.6) is 0 Å². The third kappa shape index (κ3) is 4.62. The van der Waals surface area contributed by atoms with Crippen LogP contribution in [0.3, 0.4) is 0 Å². The Bertz CT molecular complexity index is 873. The number of hydrogen-bond donors (Lipinski definition) is 2. The maximum absolute atomic E-state index is 12.5. The van der Waals surface area contributed by atoms with Gasteiger partial charge in [0.25, 0.3) is 0 Å². The van der Waals surface area contributed by atoms with Crippen molar-refractivity contribution in [1.82, 2.24) is 9.78 Å². The summed E-state index contributed by atoms with van der Waals surface area (Å²) in [6.07, 6.45) is -3.40. The number of carbonyl (C=O) groups is 1. The summed E-state index contributed by atoms with van der Waals surface area (Å²) in [6, 6.07) is 17.4. The van der Waals surface area contributed by atoms with E-state index in [9.17, 15) is 18.0 Å². The Morgan fingerprint density at radius 3 is 2.15 bits per heavy atom.